The number of pyridine rings is 1. The lowest BCUT2D eigenvalue weighted by Crippen LogP contribution is -2.31. The minimum atomic E-state index is -0.733. The second kappa shape index (κ2) is 11.6. The summed E-state index contributed by atoms with van der Waals surface area (Å²) >= 11 is 1.48. The summed E-state index contributed by atoms with van der Waals surface area (Å²) in [5.74, 6) is -0.423. The van der Waals surface area contributed by atoms with Gasteiger partial charge in [0.25, 0.3) is 0 Å². The van der Waals surface area contributed by atoms with Gasteiger partial charge in [-0.15, -0.1) is 11.3 Å². The van der Waals surface area contributed by atoms with Gasteiger partial charge in [-0.1, -0.05) is 6.07 Å². The minimum absolute atomic E-state index is 0.0881. The van der Waals surface area contributed by atoms with E-state index in [4.69, 9.17) is 24.5 Å². The first-order chi connectivity index (χ1) is 21.7. The van der Waals surface area contributed by atoms with Gasteiger partial charge >= 0.3 is 0 Å². The highest BCUT2D eigenvalue weighted by Crippen LogP contribution is 2.47. The molecule has 1 N–H and O–H groups in total. The maximum Gasteiger partial charge on any atom is 0.137 e. The van der Waals surface area contributed by atoms with Crippen molar-refractivity contribution in [1.82, 2.24) is 29.6 Å². The quantitative estimate of drug-likeness (QED) is 0.174. The normalized spacial score (nSPS) is 15.0. The van der Waals surface area contributed by atoms with E-state index in [0.29, 0.717) is 23.5 Å². The summed E-state index contributed by atoms with van der Waals surface area (Å²) in [5.41, 5.74) is 6.36. The average Bonchev–Trinajstić information content (AvgIpc) is 3.73. The van der Waals surface area contributed by atoms with E-state index in [1.165, 1.54) is 17.4 Å². The highest BCUT2D eigenvalue weighted by molar-refractivity contribution is 7.18. The van der Waals surface area contributed by atoms with Gasteiger partial charge in [-0.05, 0) is 57.3 Å². The van der Waals surface area contributed by atoms with Gasteiger partial charge in [0.05, 0.1) is 41.1 Å². The third-order valence-corrected chi connectivity index (χ3v) is 9.28. The number of aromatic nitrogens is 5. The molecule has 0 bridgehead atoms. The van der Waals surface area contributed by atoms with E-state index >= 15 is 4.39 Å². The van der Waals surface area contributed by atoms with Gasteiger partial charge in [0, 0.05) is 59.1 Å². The van der Waals surface area contributed by atoms with Gasteiger partial charge in [-0.25, -0.2) is 18.7 Å². The molecule has 1 aliphatic heterocycles. The summed E-state index contributed by atoms with van der Waals surface area (Å²) in [6, 6.07) is 12.7. The van der Waals surface area contributed by atoms with Crippen LogP contribution in [0.4, 0.5) is 8.78 Å². The number of halogens is 2. The van der Waals surface area contributed by atoms with Crippen molar-refractivity contribution >= 4 is 32.5 Å². The summed E-state index contributed by atoms with van der Waals surface area (Å²) in [4.78, 5) is 10.1. The molecule has 2 aromatic carbocycles. The van der Waals surface area contributed by atoms with E-state index in [0.717, 1.165) is 56.5 Å². The molecule has 1 atom stereocenters. The Morgan fingerprint density at radius 2 is 1.89 bits per heavy atom. The van der Waals surface area contributed by atoms with E-state index in [9.17, 15) is 4.39 Å². The Hall–Kier alpha value is -4.19. The number of benzene rings is 2. The summed E-state index contributed by atoms with van der Waals surface area (Å²) in [6.07, 6.45) is 0. The zero-order chi connectivity index (χ0) is 31.4. The number of fused-ring (bicyclic) bond motifs is 3. The van der Waals surface area contributed by atoms with Crippen LogP contribution in [0.25, 0.3) is 54.9 Å². The first-order valence-electron chi connectivity index (χ1n) is 15.1. The van der Waals surface area contributed by atoms with Crippen LogP contribution in [0.2, 0.25) is 0 Å². The fourth-order valence-electron chi connectivity index (χ4n) is 6.39. The third kappa shape index (κ3) is 5.08. The van der Waals surface area contributed by atoms with Crippen LogP contribution in [0.5, 0.6) is 5.75 Å². The third-order valence-electron chi connectivity index (χ3n) is 8.35. The molecule has 0 saturated heterocycles. The molecular formula is C34H34F2N6O2S. The van der Waals surface area contributed by atoms with Crippen LogP contribution in [0.15, 0.2) is 47.8 Å². The number of nitrogens with one attached hydrogen (secondary N) is 1. The molecule has 1 aliphatic rings. The van der Waals surface area contributed by atoms with Crippen molar-refractivity contribution in [3.05, 3.63) is 71.0 Å². The lowest BCUT2D eigenvalue weighted by molar-refractivity contribution is 0.146. The van der Waals surface area contributed by atoms with Gasteiger partial charge in [0.2, 0.25) is 0 Å². The molecule has 5 heterocycles. The Morgan fingerprint density at radius 1 is 1.04 bits per heavy atom. The monoisotopic (exact) mass is 628 g/mol. The summed E-state index contributed by atoms with van der Waals surface area (Å²) in [6.45, 7) is 10.3. The first kappa shape index (κ1) is 29.5. The standard InChI is InChI=1S/C34H34F2N6O2S/c1-18(2)42-20(4)38-25-14-21(6-7-27(25)42)32-23-8-13-45-34(23)31(30-24(36)15-22(35)16-29(30)44-12-11-43-5)33(39-32)26-17-28-19(3)37-9-10-41(28)40-26/h6-8,13-19,37H,9-12H2,1-5H3. The molecule has 7 rings (SSSR count). The molecule has 0 amide bonds. The molecule has 0 radical (unpaired) electrons. The van der Waals surface area contributed by atoms with E-state index < -0.39 is 11.6 Å². The van der Waals surface area contributed by atoms with Gasteiger partial charge in [-0.2, -0.15) is 5.10 Å². The summed E-state index contributed by atoms with van der Waals surface area (Å²) < 4.78 is 46.7. The second-order valence-electron chi connectivity index (χ2n) is 11.6. The molecule has 0 fully saturated rings. The summed E-state index contributed by atoms with van der Waals surface area (Å²) in [5, 5.41) is 11.3. The Kier molecular flexibility index (Phi) is 7.63. The fraction of sp³-hybridized carbons (Fsp3) is 0.324. The van der Waals surface area contributed by atoms with E-state index in [2.05, 4.69) is 48.9 Å². The molecule has 6 aromatic rings. The van der Waals surface area contributed by atoms with Crippen LogP contribution in [0.3, 0.4) is 0 Å². The van der Waals surface area contributed by atoms with Gasteiger partial charge in [0.1, 0.15) is 41.2 Å². The topological polar surface area (TPSA) is 79.0 Å². The van der Waals surface area contributed by atoms with Crippen LogP contribution < -0.4 is 10.1 Å². The molecule has 0 aliphatic carbocycles. The number of hydrogen-bond donors (Lipinski definition) is 1. The van der Waals surface area contributed by atoms with Crippen LogP contribution in [-0.2, 0) is 11.3 Å². The second-order valence-corrected chi connectivity index (χ2v) is 12.5. The van der Waals surface area contributed by atoms with Gasteiger partial charge < -0.3 is 19.4 Å². The molecule has 1 unspecified atom stereocenters. The number of aryl methyl sites for hydroxylation is 1. The number of thiophene rings is 1. The molecule has 0 saturated carbocycles. The van der Waals surface area contributed by atoms with Crippen LogP contribution >= 0.6 is 11.3 Å². The number of rotatable bonds is 8. The molecule has 0 spiro atoms. The highest BCUT2D eigenvalue weighted by atomic mass is 32.1. The maximum absolute atomic E-state index is 16.0. The molecular weight excluding hydrogens is 594 g/mol. The largest absolute Gasteiger partial charge is 0.490 e. The number of imidazole rings is 1. The Labute approximate surface area is 263 Å². The predicted molar refractivity (Wildman–Crippen MR) is 174 cm³/mol. The predicted octanol–water partition coefficient (Wildman–Crippen LogP) is 7.70. The van der Waals surface area contributed by atoms with Crippen molar-refractivity contribution in [3.63, 3.8) is 0 Å². The molecule has 8 nitrogen and oxygen atoms in total. The lowest BCUT2D eigenvalue weighted by Gasteiger charge is -2.21. The average molecular weight is 629 g/mol. The zero-order valence-electron chi connectivity index (χ0n) is 25.8. The summed E-state index contributed by atoms with van der Waals surface area (Å²) in [7, 11) is 1.55. The fourth-order valence-corrected chi connectivity index (χ4v) is 7.34. The smallest absolute Gasteiger partial charge is 0.137 e. The van der Waals surface area contributed by atoms with Crippen LogP contribution in [-0.4, -0.2) is 51.2 Å². The van der Waals surface area contributed by atoms with E-state index in [1.807, 2.05) is 29.1 Å². The van der Waals surface area contributed by atoms with Crippen molar-refractivity contribution in [2.75, 3.05) is 26.9 Å². The Morgan fingerprint density at radius 3 is 2.67 bits per heavy atom. The van der Waals surface area contributed by atoms with Gasteiger partial charge in [-0.3, -0.25) is 4.68 Å². The molecule has 45 heavy (non-hydrogen) atoms. The molecule has 4 aromatic heterocycles. The first-order valence-corrected chi connectivity index (χ1v) is 16.0. The number of nitrogens with zero attached hydrogens (tertiary/aromatic N) is 5. The van der Waals surface area contributed by atoms with Gasteiger partial charge in [0.15, 0.2) is 0 Å². The Balaban J connectivity index is 1.51. The Bertz CT molecular complexity index is 2060. The van der Waals surface area contributed by atoms with Crippen molar-refractivity contribution < 1.29 is 18.3 Å². The number of hydrogen-bond acceptors (Lipinski definition) is 7. The number of ether oxygens (including phenoxy) is 2. The van der Waals surface area contributed by atoms with Crippen LogP contribution in [0.1, 0.15) is 44.4 Å². The van der Waals surface area contributed by atoms with Crippen molar-refractivity contribution in [3.8, 4) is 39.5 Å². The van der Waals surface area contributed by atoms with Crippen molar-refractivity contribution in [2.45, 2.75) is 46.3 Å². The highest BCUT2D eigenvalue weighted by Gasteiger charge is 2.28. The SMILES string of the molecule is COCCOc1cc(F)cc(F)c1-c1c(-c2cc3n(n2)CCNC3C)nc(-c2ccc3c(c2)nc(C)n3C(C)C)c2ccsc12. The molecule has 232 valence electrons. The molecule has 11 heteroatoms. The van der Waals surface area contributed by atoms with Crippen LogP contribution in [0, 0.1) is 18.6 Å². The zero-order valence-corrected chi connectivity index (χ0v) is 26.6. The minimum Gasteiger partial charge on any atom is -0.490 e. The lowest BCUT2D eigenvalue weighted by atomic mass is 9.96. The van der Waals surface area contributed by atoms with Crippen molar-refractivity contribution in [2.24, 2.45) is 0 Å². The maximum atomic E-state index is 16.0. The van der Waals surface area contributed by atoms with E-state index in [1.54, 1.807) is 7.11 Å². The van der Waals surface area contributed by atoms with Crippen molar-refractivity contribution in [1.29, 1.82) is 0 Å². The number of methoxy groups -OCH3 is 1. The van der Waals surface area contributed by atoms with E-state index in [-0.39, 0.29) is 36.6 Å².